The van der Waals surface area contributed by atoms with E-state index >= 15 is 0 Å². The van der Waals surface area contributed by atoms with Gasteiger partial charge >= 0.3 is 0 Å². The molecule has 6 heteroatoms. The summed E-state index contributed by atoms with van der Waals surface area (Å²) in [4.78, 5) is 6.92. The van der Waals surface area contributed by atoms with Gasteiger partial charge < -0.3 is 20.1 Å². The molecule has 6 nitrogen and oxygen atoms in total. The van der Waals surface area contributed by atoms with E-state index in [-0.39, 0.29) is 6.04 Å². The van der Waals surface area contributed by atoms with Gasteiger partial charge in [-0.05, 0) is 50.6 Å². The number of guanidine groups is 1. The topological polar surface area (TPSA) is 58.1 Å². The standard InChI is InChI=1S/C20H34N4O2/c1-16(15-25-3)23-20(21-2)22-14-19(24-12-6-5-7-13-24)17-8-10-18(26-4)11-9-17/h8-11,16,19H,5-7,12-15H2,1-4H3,(H2,21,22,23). The molecular weight excluding hydrogens is 328 g/mol. The van der Waals surface area contributed by atoms with Crippen LogP contribution in [-0.4, -0.2) is 64.4 Å². The van der Waals surface area contributed by atoms with Crippen molar-refractivity contribution in [3.63, 3.8) is 0 Å². The quantitative estimate of drug-likeness (QED) is 0.549. The summed E-state index contributed by atoms with van der Waals surface area (Å²) >= 11 is 0. The number of benzene rings is 1. The maximum atomic E-state index is 5.31. The summed E-state index contributed by atoms with van der Waals surface area (Å²) in [6, 6.07) is 8.95. The fraction of sp³-hybridized carbons (Fsp3) is 0.650. The summed E-state index contributed by atoms with van der Waals surface area (Å²) in [6.07, 6.45) is 3.87. The Kier molecular flexibility index (Phi) is 8.71. The van der Waals surface area contributed by atoms with Crippen molar-refractivity contribution in [2.45, 2.75) is 38.3 Å². The maximum absolute atomic E-state index is 5.31. The number of nitrogens with zero attached hydrogens (tertiary/aromatic N) is 2. The predicted molar refractivity (Wildman–Crippen MR) is 107 cm³/mol. The second kappa shape index (κ2) is 11.0. The third kappa shape index (κ3) is 6.18. The molecule has 2 atom stereocenters. The largest absolute Gasteiger partial charge is 0.497 e. The Morgan fingerprint density at radius 2 is 1.85 bits per heavy atom. The number of nitrogens with one attached hydrogen (secondary N) is 2. The fourth-order valence-corrected chi connectivity index (χ4v) is 3.43. The van der Waals surface area contributed by atoms with Crippen LogP contribution >= 0.6 is 0 Å². The van der Waals surface area contributed by atoms with E-state index in [4.69, 9.17) is 9.47 Å². The lowest BCUT2D eigenvalue weighted by molar-refractivity contribution is 0.163. The lowest BCUT2D eigenvalue weighted by Crippen LogP contribution is -2.47. The van der Waals surface area contributed by atoms with E-state index in [0.29, 0.717) is 12.6 Å². The Morgan fingerprint density at radius 1 is 1.15 bits per heavy atom. The van der Waals surface area contributed by atoms with Gasteiger partial charge in [-0.15, -0.1) is 0 Å². The van der Waals surface area contributed by atoms with Gasteiger partial charge in [0.1, 0.15) is 5.75 Å². The van der Waals surface area contributed by atoms with Crippen LogP contribution in [0.2, 0.25) is 0 Å². The van der Waals surface area contributed by atoms with E-state index in [9.17, 15) is 0 Å². The Balaban J connectivity index is 2.05. The molecule has 2 N–H and O–H groups in total. The van der Waals surface area contributed by atoms with Crippen molar-refractivity contribution < 1.29 is 9.47 Å². The van der Waals surface area contributed by atoms with Crippen LogP contribution in [0.25, 0.3) is 0 Å². The highest BCUT2D eigenvalue weighted by atomic mass is 16.5. The first kappa shape index (κ1) is 20.5. The van der Waals surface area contributed by atoms with Crippen LogP contribution in [0.5, 0.6) is 5.75 Å². The minimum Gasteiger partial charge on any atom is -0.497 e. The van der Waals surface area contributed by atoms with Crippen molar-refractivity contribution in [3.05, 3.63) is 29.8 Å². The third-order valence-corrected chi connectivity index (χ3v) is 4.82. The van der Waals surface area contributed by atoms with Crippen LogP contribution < -0.4 is 15.4 Å². The number of rotatable bonds is 8. The average molecular weight is 363 g/mol. The lowest BCUT2D eigenvalue weighted by atomic mass is 10.0. The van der Waals surface area contributed by atoms with E-state index in [2.05, 4.69) is 39.6 Å². The third-order valence-electron chi connectivity index (χ3n) is 4.82. The van der Waals surface area contributed by atoms with Crippen LogP contribution in [0.3, 0.4) is 0 Å². The minimum absolute atomic E-state index is 0.209. The summed E-state index contributed by atoms with van der Waals surface area (Å²) in [5, 5.41) is 6.86. The number of piperidine rings is 1. The average Bonchev–Trinajstić information content (AvgIpc) is 2.68. The van der Waals surface area contributed by atoms with Crippen LogP contribution in [0.4, 0.5) is 0 Å². The van der Waals surface area contributed by atoms with Crippen molar-refractivity contribution in [3.8, 4) is 5.75 Å². The van der Waals surface area contributed by atoms with Crippen LogP contribution in [0, 0.1) is 0 Å². The Hall–Kier alpha value is -1.79. The molecule has 2 rings (SSSR count). The molecular formula is C20H34N4O2. The van der Waals surface area contributed by atoms with Gasteiger partial charge in [0.05, 0.1) is 19.8 Å². The molecule has 1 saturated heterocycles. The summed E-state index contributed by atoms with van der Waals surface area (Å²) < 4.78 is 10.5. The van der Waals surface area contributed by atoms with Gasteiger partial charge in [0.15, 0.2) is 5.96 Å². The molecule has 0 radical (unpaired) electrons. The number of likely N-dealkylation sites (tertiary alicyclic amines) is 1. The molecule has 1 heterocycles. The zero-order valence-corrected chi connectivity index (χ0v) is 16.6. The van der Waals surface area contributed by atoms with Gasteiger partial charge in [0.2, 0.25) is 0 Å². The van der Waals surface area contributed by atoms with Crippen molar-refractivity contribution >= 4 is 5.96 Å². The molecule has 1 aliphatic heterocycles. The van der Waals surface area contributed by atoms with E-state index in [1.165, 1.54) is 24.8 Å². The summed E-state index contributed by atoms with van der Waals surface area (Å²) in [7, 11) is 5.22. The van der Waals surface area contributed by atoms with Crippen molar-refractivity contribution in [1.82, 2.24) is 15.5 Å². The van der Waals surface area contributed by atoms with E-state index in [1.807, 2.05) is 12.1 Å². The zero-order chi connectivity index (χ0) is 18.8. The fourth-order valence-electron chi connectivity index (χ4n) is 3.43. The number of hydrogen-bond acceptors (Lipinski definition) is 4. The van der Waals surface area contributed by atoms with E-state index in [1.54, 1.807) is 21.3 Å². The first-order valence-corrected chi connectivity index (χ1v) is 9.52. The molecule has 1 fully saturated rings. The minimum atomic E-state index is 0.209. The number of methoxy groups -OCH3 is 2. The van der Waals surface area contributed by atoms with Gasteiger partial charge in [-0.1, -0.05) is 18.6 Å². The molecule has 0 amide bonds. The Labute approximate surface area is 158 Å². The highest BCUT2D eigenvalue weighted by Gasteiger charge is 2.22. The van der Waals surface area contributed by atoms with E-state index < -0.39 is 0 Å². The van der Waals surface area contributed by atoms with Crippen molar-refractivity contribution in [2.75, 3.05) is 47.5 Å². The second-order valence-electron chi connectivity index (χ2n) is 6.84. The van der Waals surface area contributed by atoms with Crippen molar-refractivity contribution in [1.29, 1.82) is 0 Å². The summed E-state index contributed by atoms with van der Waals surface area (Å²) in [5.41, 5.74) is 1.31. The first-order valence-electron chi connectivity index (χ1n) is 9.52. The lowest BCUT2D eigenvalue weighted by Gasteiger charge is -2.35. The molecule has 0 bridgehead atoms. The summed E-state index contributed by atoms with van der Waals surface area (Å²) in [5.74, 6) is 1.70. The molecule has 0 spiro atoms. The Morgan fingerprint density at radius 3 is 2.42 bits per heavy atom. The SMILES string of the molecule is CN=C(NCC(c1ccc(OC)cc1)N1CCCCC1)NC(C)COC. The van der Waals surface area contributed by atoms with Crippen LogP contribution in [-0.2, 0) is 4.74 Å². The van der Waals surface area contributed by atoms with Crippen molar-refractivity contribution in [2.24, 2.45) is 4.99 Å². The van der Waals surface area contributed by atoms with E-state index in [0.717, 1.165) is 31.3 Å². The molecule has 26 heavy (non-hydrogen) atoms. The normalized spacial score (nSPS) is 18.2. The molecule has 1 aliphatic rings. The van der Waals surface area contributed by atoms with Gasteiger partial charge in [0.25, 0.3) is 0 Å². The number of ether oxygens (including phenoxy) is 2. The smallest absolute Gasteiger partial charge is 0.191 e. The molecule has 1 aromatic rings. The number of aliphatic imine (C=N–C) groups is 1. The van der Waals surface area contributed by atoms with Gasteiger partial charge in [0, 0.05) is 26.7 Å². The van der Waals surface area contributed by atoms with Gasteiger partial charge in [-0.2, -0.15) is 0 Å². The molecule has 0 aromatic heterocycles. The van der Waals surface area contributed by atoms with Gasteiger partial charge in [-0.25, -0.2) is 0 Å². The molecule has 146 valence electrons. The highest BCUT2D eigenvalue weighted by molar-refractivity contribution is 5.80. The molecule has 2 unspecified atom stereocenters. The van der Waals surface area contributed by atoms with Crippen LogP contribution in [0.1, 0.15) is 37.8 Å². The second-order valence-corrected chi connectivity index (χ2v) is 6.84. The predicted octanol–water partition coefficient (Wildman–Crippen LogP) is 2.42. The zero-order valence-electron chi connectivity index (χ0n) is 16.6. The first-order chi connectivity index (χ1) is 12.7. The number of hydrogen-bond donors (Lipinski definition) is 2. The maximum Gasteiger partial charge on any atom is 0.191 e. The molecule has 1 aromatic carbocycles. The monoisotopic (exact) mass is 362 g/mol. The van der Waals surface area contributed by atoms with Gasteiger partial charge in [-0.3, -0.25) is 9.89 Å². The molecule has 0 saturated carbocycles. The summed E-state index contributed by atoms with van der Waals surface area (Å²) in [6.45, 7) is 5.83. The Bertz CT molecular complexity index is 541. The highest BCUT2D eigenvalue weighted by Crippen LogP contribution is 2.25. The molecule has 0 aliphatic carbocycles. The van der Waals surface area contributed by atoms with Crippen LogP contribution in [0.15, 0.2) is 29.3 Å².